The van der Waals surface area contributed by atoms with Crippen molar-refractivity contribution in [2.24, 2.45) is 10.7 Å². The highest BCUT2D eigenvalue weighted by Gasteiger charge is 2.29. The van der Waals surface area contributed by atoms with Gasteiger partial charge in [-0.3, -0.25) is 15.2 Å². The van der Waals surface area contributed by atoms with Gasteiger partial charge in [0.05, 0.1) is 23.2 Å². The molecule has 7 nitrogen and oxygen atoms in total. The summed E-state index contributed by atoms with van der Waals surface area (Å²) in [6.07, 6.45) is 0.429. The second-order valence-electron chi connectivity index (χ2n) is 10.2. The molecule has 0 aliphatic rings. The summed E-state index contributed by atoms with van der Waals surface area (Å²) in [7, 11) is 1.55. The largest absolute Gasteiger partial charge is 0.423 e. The van der Waals surface area contributed by atoms with Crippen molar-refractivity contribution in [3.05, 3.63) is 131 Å². The maximum absolute atomic E-state index is 13.4. The number of nitriles is 1. The van der Waals surface area contributed by atoms with Gasteiger partial charge in [-0.05, 0) is 78.9 Å². The highest BCUT2D eigenvalue weighted by Crippen LogP contribution is 2.27. The average molecular weight is 562 g/mol. The normalized spacial score (nSPS) is 13.4. The summed E-state index contributed by atoms with van der Waals surface area (Å²) in [5.74, 6) is -0.863. The molecule has 2 atom stereocenters. The van der Waals surface area contributed by atoms with Gasteiger partial charge in [-0.2, -0.15) is 5.26 Å². The first-order valence-corrected chi connectivity index (χ1v) is 13.4. The monoisotopic (exact) mass is 561 g/mol. The third kappa shape index (κ3) is 7.14. The molecule has 0 bridgehead atoms. The summed E-state index contributed by atoms with van der Waals surface area (Å²) >= 11 is 0. The molecule has 0 aromatic heterocycles. The number of benzene rings is 4. The molecule has 1 amide bonds. The van der Waals surface area contributed by atoms with Crippen molar-refractivity contribution in [3.63, 3.8) is 0 Å². The van der Waals surface area contributed by atoms with E-state index in [1.165, 1.54) is 12.1 Å². The molecular weight excluding hydrogens is 529 g/mol. The van der Waals surface area contributed by atoms with Gasteiger partial charge in [-0.25, -0.2) is 4.39 Å². The first-order chi connectivity index (χ1) is 20.1. The van der Waals surface area contributed by atoms with Gasteiger partial charge in [-0.1, -0.05) is 60.7 Å². The lowest BCUT2D eigenvalue weighted by atomic mass is 9.93. The van der Waals surface area contributed by atoms with Gasteiger partial charge in [0.1, 0.15) is 5.82 Å². The fourth-order valence-electron chi connectivity index (χ4n) is 4.66. The third-order valence-electron chi connectivity index (χ3n) is 6.84. The predicted molar refractivity (Wildman–Crippen MR) is 163 cm³/mol. The summed E-state index contributed by atoms with van der Waals surface area (Å²) < 4.78 is 19.3. The van der Waals surface area contributed by atoms with Crippen LogP contribution in [0.4, 0.5) is 4.39 Å². The number of nitrogens with one attached hydrogen (secondary N) is 2. The molecule has 0 unspecified atom stereocenters. The van der Waals surface area contributed by atoms with Gasteiger partial charge in [0, 0.05) is 18.2 Å². The van der Waals surface area contributed by atoms with Crippen LogP contribution >= 0.6 is 0 Å². The first kappa shape index (κ1) is 29.8. The quantitative estimate of drug-likeness (QED) is 0.175. The minimum Gasteiger partial charge on any atom is -0.423 e. The van der Waals surface area contributed by atoms with Gasteiger partial charge in [0.15, 0.2) is 0 Å². The number of nitrogens with zero attached hydrogens (tertiary/aromatic N) is 2. The molecule has 4 aromatic rings. The Morgan fingerprint density at radius 1 is 1.05 bits per heavy atom. The molecule has 0 radical (unpaired) electrons. The van der Waals surface area contributed by atoms with Crippen LogP contribution in [0.5, 0.6) is 0 Å². The highest BCUT2D eigenvalue weighted by molar-refractivity contribution is 6.05. The van der Waals surface area contributed by atoms with Gasteiger partial charge in [0.25, 0.3) is 5.91 Å². The molecule has 4 rings (SSSR count). The Hall–Kier alpha value is -5.13. The van der Waals surface area contributed by atoms with Crippen LogP contribution in [0.25, 0.3) is 11.1 Å². The Morgan fingerprint density at radius 2 is 1.69 bits per heavy atom. The number of halogens is 1. The van der Waals surface area contributed by atoms with E-state index in [0.29, 0.717) is 28.7 Å². The van der Waals surface area contributed by atoms with Crippen LogP contribution in [-0.2, 0) is 11.2 Å². The van der Waals surface area contributed by atoms with Gasteiger partial charge < -0.3 is 15.8 Å². The number of hydrogen-bond acceptors (Lipinski definition) is 6. The van der Waals surface area contributed by atoms with Crippen molar-refractivity contribution in [2.45, 2.75) is 31.8 Å². The number of aliphatic imine (C=N–C) groups is 1. The van der Waals surface area contributed by atoms with E-state index >= 15 is 0 Å². The standard InChI is InChI=1S/C34H32FN5O2/c1-22(24-13-15-29(35)16-14-24)40-32(41)28-18-26(30-12-8-7-11-25(30)21-36)17-27(19-28)31(37)42-33(39-3)34(2,38)20-23-9-5-4-6-10-23/h4-19,22,37H,20,38H2,1-3H3,(H,40,41)/b37-31?,39-33-/t22-,34-/m1/s1. The molecule has 0 aliphatic heterocycles. The highest BCUT2D eigenvalue weighted by atomic mass is 19.1. The van der Waals surface area contributed by atoms with E-state index in [0.717, 1.165) is 11.1 Å². The fourth-order valence-corrected chi connectivity index (χ4v) is 4.66. The number of nitrogens with two attached hydrogens (primary N) is 1. The smallest absolute Gasteiger partial charge is 0.251 e. The Balaban J connectivity index is 1.67. The van der Waals surface area contributed by atoms with Crippen molar-refractivity contribution < 1.29 is 13.9 Å². The zero-order chi connectivity index (χ0) is 30.3. The lowest BCUT2D eigenvalue weighted by Gasteiger charge is -2.26. The van der Waals surface area contributed by atoms with E-state index in [-0.39, 0.29) is 23.2 Å². The molecule has 0 heterocycles. The van der Waals surface area contributed by atoms with E-state index in [2.05, 4.69) is 16.4 Å². The number of rotatable bonds is 8. The minimum atomic E-state index is -1.02. The average Bonchev–Trinajstić information content (AvgIpc) is 2.99. The van der Waals surface area contributed by atoms with Crippen LogP contribution in [0.3, 0.4) is 0 Å². The lowest BCUT2D eigenvalue weighted by Crippen LogP contribution is -2.49. The number of amides is 1. The van der Waals surface area contributed by atoms with Crippen LogP contribution in [0, 0.1) is 22.6 Å². The van der Waals surface area contributed by atoms with Crippen molar-refractivity contribution in [2.75, 3.05) is 7.05 Å². The van der Waals surface area contributed by atoms with Crippen LogP contribution in [0.15, 0.2) is 102 Å². The molecule has 42 heavy (non-hydrogen) atoms. The predicted octanol–water partition coefficient (Wildman–Crippen LogP) is 6.19. The molecule has 8 heteroatoms. The number of carbonyl (C=O) groups is 1. The molecule has 0 fully saturated rings. The number of carbonyl (C=O) groups excluding carboxylic acids is 1. The molecule has 0 aliphatic carbocycles. The van der Waals surface area contributed by atoms with Crippen molar-refractivity contribution in [1.82, 2.24) is 5.32 Å². The Kier molecular flexibility index (Phi) is 9.25. The van der Waals surface area contributed by atoms with E-state index in [9.17, 15) is 14.4 Å². The summed E-state index contributed by atoms with van der Waals surface area (Å²) in [6, 6.07) is 29.3. The van der Waals surface area contributed by atoms with E-state index in [1.807, 2.05) is 30.3 Å². The maximum atomic E-state index is 13.4. The zero-order valence-corrected chi connectivity index (χ0v) is 23.7. The van der Waals surface area contributed by atoms with Gasteiger partial charge in [0.2, 0.25) is 11.8 Å². The summed E-state index contributed by atoms with van der Waals surface area (Å²) in [4.78, 5) is 17.7. The first-order valence-electron chi connectivity index (χ1n) is 13.4. The van der Waals surface area contributed by atoms with E-state index < -0.39 is 17.5 Å². The molecule has 212 valence electrons. The molecule has 4 N–H and O–H groups in total. The van der Waals surface area contributed by atoms with Gasteiger partial charge >= 0.3 is 0 Å². The second-order valence-corrected chi connectivity index (χ2v) is 10.2. The lowest BCUT2D eigenvalue weighted by molar-refractivity contribution is 0.0940. The Labute approximate surface area is 245 Å². The third-order valence-corrected chi connectivity index (χ3v) is 6.84. The molecule has 4 aromatic carbocycles. The van der Waals surface area contributed by atoms with Crippen LogP contribution in [0.1, 0.15) is 52.5 Å². The van der Waals surface area contributed by atoms with Crippen LogP contribution in [0.2, 0.25) is 0 Å². The summed E-state index contributed by atoms with van der Waals surface area (Å²) in [5, 5.41) is 21.5. The van der Waals surface area contributed by atoms with E-state index in [1.54, 1.807) is 75.5 Å². The molecule has 0 spiro atoms. The maximum Gasteiger partial charge on any atom is 0.251 e. The molecule has 0 saturated heterocycles. The SMILES string of the molecule is C/N=C(\OC(=N)c1cc(C(=O)N[C@H](C)c2ccc(F)cc2)cc(-c2ccccc2C#N)c1)[C@](C)(N)Cc1ccccc1. The summed E-state index contributed by atoms with van der Waals surface area (Å²) in [5.41, 5.74) is 9.46. The Morgan fingerprint density at radius 3 is 2.36 bits per heavy atom. The molecule has 0 saturated carbocycles. The number of ether oxygens (including phenoxy) is 1. The fraction of sp³-hybridized carbons (Fsp3) is 0.176. The van der Waals surface area contributed by atoms with Crippen molar-refractivity contribution >= 4 is 17.7 Å². The Bertz CT molecular complexity index is 1660. The minimum absolute atomic E-state index is 0.162. The number of hydrogen-bond donors (Lipinski definition) is 3. The van der Waals surface area contributed by atoms with Crippen molar-refractivity contribution in [3.8, 4) is 17.2 Å². The van der Waals surface area contributed by atoms with Crippen LogP contribution in [-0.4, -0.2) is 30.3 Å². The topological polar surface area (TPSA) is 124 Å². The van der Waals surface area contributed by atoms with Crippen molar-refractivity contribution in [1.29, 1.82) is 10.7 Å². The second kappa shape index (κ2) is 13.0. The molecular formula is C34H32FN5O2. The van der Waals surface area contributed by atoms with E-state index in [4.69, 9.17) is 15.9 Å². The van der Waals surface area contributed by atoms with Gasteiger partial charge in [-0.15, -0.1) is 0 Å². The van der Waals surface area contributed by atoms with Crippen LogP contribution < -0.4 is 11.1 Å². The summed E-state index contributed by atoms with van der Waals surface area (Å²) in [6.45, 7) is 3.58. The zero-order valence-electron chi connectivity index (χ0n) is 23.7.